The van der Waals surface area contributed by atoms with Crippen molar-refractivity contribution in [1.29, 1.82) is 0 Å². The normalized spacial score (nSPS) is 10.7. The predicted molar refractivity (Wildman–Crippen MR) is 96.8 cm³/mol. The number of amides is 1. The molecule has 0 N–H and O–H groups in total. The Kier molecular flexibility index (Phi) is 9.25. The average Bonchev–Trinajstić information content (AvgIpc) is 2.45. The summed E-state index contributed by atoms with van der Waals surface area (Å²) in [6, 6.07) is 5.75. The number of halogens is 2. The van der Waals surface area contributed by atoms with Gasteiger partial charge in [-0.25, -0.2) is 0 Å². The molecule has 0 atom stereocenters. The smallest absolute Gasteiger partial charge is 0.254 e. The van der Waals surface area contributed by atoms with Crippen molar-refractivity contribution in [3.63, 3.8) is 0 Å². The fourth-order valence-corrected chi connectivity index (χ4v) is 3.47. The third-order valence-corrected chi connectivity index (χ3v) is 4.66. The van der Waals surface area contributed by atoms with Gasteiger partial charge in [-0.15, -0.1) is 0 Å². The molecule has 0 spiro atoms. The zero-order valence-corrected chi connectivity index (χ0v) is 16.2. The summed E-state index contributed by atoms with van der Waals surface area (Å²) < 4.78 is 1.84. The largest absolute Gasteiger partial charge is 0.339 e. The standard InChI is InChI=1S/C17H25Br2NO/c1-3-5-7-11-20(12-8-6-4-2)17(21)15-10-9-14(18)13-16(15)19/h9-10,13H,3-8,11-12H2,1-2H3. The minimum absolute atomic E-state index is 0.140. The lowest BCUT2D eigenvalue weighted by Gasteiger charge is -2.23. The van der Waals surface area contributed by atoms with Crippen molar-refractivity contribution in [2.45, 2.75) is 52.4 Å². The molecule has 2 nitrogen and oxygen atoms in total. The first-order valence-corrected chi connectivity index (χ1v) is 9.43. The van der Waals surface area contributed by atoms with E-state index >= 15 is 0 Å². The molecule has 4 heteroatoms. The SMILES string of the molecule is CCCCCN(CCCCC)C(=O)c1ccc(Br)cc1Br. The molecule has 0 aromatic heterocycles. The van der Waals surface area contributed by atoms with E-state index in [0.717, 1.165) is 40.4 Å². The third-order valence-electron chi connectivity index (χ3n) is 3.51. The van der Waals surface area contributed by atoms with Crippen LogP contribution in [0.3, 0.4) is 0 Å². The van der Waals surface area contributed by atoms with Crippen molar-refractivity contribution in [3.8, 4) is 0 Å². The molecule has 0 bridgehead atoms. The van der Waals surface area contributed by atoms with Gasteiger partial charge in [-0.1, -0.05) is 55.5 Å². The number of carbonyl (C=O) groups is 1. The topological polar surface area (TPSA) is 20.3 Å². The average molecular weight is 419 g/mol. The molecule has 1 aromatic carbocycles. The van der Waals surface area contributed by atoms with Gasteiger partial charge in [0.2, 0.25) is 0 Å². The van der Waals surface area contributed by atoms with Crippen molar-refractivity contribution in [2.24, 2.45) is 0 Å². The summed E-state index contributed by atoms with van der Waals surface area (Å²) >= 11 is 6.93. The van der Waals surface area contributed by atoms with Crippen LogP contribution in [0.4, 0.5) is 0 Å². The summed E-state index contributed by atoms with van der Waals surface area (Å²) in [6.45, 7) is 6.10. The number of unbranched alkanes of at least 4 members (excludes halogenated alkanes) is 4. The fourth-order valence-electron chi connectivity index (χ4n) is 2.25. The van der Waals surface area contributed by atoms with Crippen LogP contribution in [0.5, 0.6) is 0 Å². The third kappa shape index (κ3) is 6.52. The highest BCUT2D eigenvalue weighted by atomic mass is 79.9. The van der Waals surface area contributed by atoms with Gasteiger partial charge in [0.05, 0.1) is 5.56 Å². The molecule has 0 aliphatic rings. The van der Waals surface area contributed by atoms with Gasteiger partial charge in [0, 0.05) is 22.0 Å². The molecular formula is C17H25Br2NO. The molecule has 118 valence electrons. The van der Waals surface area contributed by atoms with E-state index < -0.39 is 0 Å². The molecule has 0 saturated heterocycles. The van der Waals surface area contributed by atoms with Crippen LogP contribution in [0, 0.1) is 0 Å². The Bertz CT molecular complexity index is 438. The van der Waals surface area contributed by atoms with Crippen LogP contribution in [0.15, 0.2) is 27.1 Å². The number of hydrogen-bond acceptors (Lipinski definition) is 1. The Hall–Kier alpha value is -0.350. The number of carbonyl (C=O) groups excluding carboxylic acids is 1. The lowest BCUT2D eigenvalue weighted by molar-refractivity contribution is 0.0748. The first kappa shape index (κ1) is 18.7. The quantitative estimate of drug-likeness (QED) is 0.448. The summed E-state index contributed by atoms with van der Waals surface area (Å²) in [5, 5.41) is 0. The number of hydrogen-bond donors (Lipinski definition) is 0. The zero-order valence-electron chi connectivity index (χ0n) is 13.0. The number of nitrogens with zero attached hydrogens (tertiary/aromatic N) is 1. The van der Waals surface area contributed by atoms with Crippen molar-refractivity contribution >= 4 is 37.8 Å². The van der Waals surface area contributed by atoms with Crippen LogP contribution in [0.1, 0.15) is 62.7 Å². The second-order valence-electron chi connectivity index (χ2n) is 5.33. The van der Waals surface area contributed by atoms with Crippen LogP contribution in [-0.4, -0.2) is 23.9 Å². The Morgan fingerprint density at radius 2 is 1.57 bits per heavy atom. The summed E-state index contributed by atoms with van der Waals surface area (Å²) in [7, 11) is 0. The molecule has 0 saturated carbocycles. The van der Waals surface area contributed by atoms with E-state index in [0.29, 0.717) is 0 Å². The highest BCUT2D eigenvalue weighted by Gasteiger charge is 2.17. The molecule has 1 aromatic rings. The van der Waals surface area contributed by atoms with E-state index in [9.17, 15) is 4.79 Å². The minimum Gasteiger partial charge on any atom is -0.339 e. The number of rotatable bonds is 9. The summed E-state index contributed by atoms with van der Waals surface area (Å²) in [5.74, 6) is 0.140. The molecule has 21 heavy (non-hydrogen) atoms. The predicted octanol–water partition coefficient (Wildman–Crippen LogP) is 6.03. The van der Waals surface area contributed by atoms with Gasteiger partial charge in [-0.3, -0.25) is 4.79 Å². The van der Waals surface area contributed by atoms with Gasteiger partial charge in [0.1, 0.15) is 0 Å². The van der Waals surface area contributed by atoms with Crippen molar-refractivity contribution in [2.75, 3.05) is 13.1 Å². The molecule has 0 aliphatic heterocycles. The van der Waals surface area contributed by atoms with Gasteiger partial charge >= 0.3 is 0 Å². The lowest BCUT2D eigenvalue weighted by Crippen LogP contribution is -2.33. The maximum Gasteiger partial charge on any atom is 0.254 e. The van der Waals surface area contributed by atoms with Gasteiger partial charge in [-0.05, 0) is 47.0 Å². The maximum absolute atomic E-state index is 12.7. The van der Waals surface area contributed by atoms with E-state index in [1.165, 1.54) is 25.7 Å². The number of benzene rings is 1. The Morgan fingerprint density at radius 1 is 1.00 bits per heavy atom. The van der Waals surface area contributed by atoms with E-state index in [1.54, 1.807) is 0 Å². The van der Waals surface area contributed by atoms with E-state index in [1.807, 2.05) is 23.1 Å². The van der Waals surface area contributed by atoms with Crippen LogP contribution >= 0.6 is 31.9 Å². The molecule has 0 heterocycles. The van der Waals surface area contributed by atoms with Gasteiger partial charge in [0.15, 0.2) is 0 Å². The fraction of sp³-hybridized carbons (Fsp3) is 0.588. The van der Waals surface area contributed by atoms with Crippen LogP contribution in [0.25, 0.3) is 0 Å². The molecule has 0 unspecified atom stereocenters. The Labute approximate surface area is 145 Å². The second-order valence-corrected chi connectivity index (χ2v) is 7.10. The zero-order chi connectivity index (χ0) is 15.7. The van der Waals surface area contributed by atoms with Gasteiger partial charge < -0.3 is 4.90 Å². The second kappa shape index (κ2) is 10.4. The highest BCUT2D eigenvalue weighted by Crippen LogP contribution is 2.23. The first-order chi connectivity index (χ1) is 10.1. The van der Waals surface area contributed by atoms with E-state index in [2.05, 4.69) is 45.7 Å². The molecular weight excluding hydrogens is 394 g/mol. The van der Waals surface area contributed by atoms with E-state index in [4.69, 9.17) is 0 Å². The molecule has 1 rings (SSSR count). The van der Waals surface area contributed by atoms with Crippen molar-refractivity contribution < 1.29 is 4.79 Å². The molecule has 0 aliphatic carbocycles. The maximum atomic E-state index is 12.7. The Balaban J connectivity index is 2.76. The monoisotopic (exact) mass is 417 g/mol. The van der Waals surface area contributed by atoms with E-state index in [-0.39, 0.29) is 5.91 Å². The molecule has 0 radical (unpaired) electrons. The van der Waals surface area contributed by atoms with Gasteiger partial charge in [-0.2, -0.15) is 0 Å². The van der Waals surface area contributed by atoms with Crippen molar-refractivity contribution in [3.05, 3.63) is 32.7 Å². The molecule has 1 amide bonds. The van der Waals surface area contributed by atoms with Crippen LogP contribution < -0.4 is 0 Å². The summed E-state index contributed by atoms with van der Waals surface area (Å²) in [5.41, 5.74) is 0.756. The van der Waals surface area contributed by atoms with Crippen molar-refractivity contribution in [1.82, 2.24) is 4.90 Å². The van der Waals surface area contributed by atoms with Crippen LogP contribution in [0.2, 0.25) is 0 Å². The summed E-state index contributed by atoms with van der Waals surface area (Å²) in [6.07, 6.45) is 6.89. The highest BCUT2D eigenvalue weighted by molar-refractivity contribution is 9.11. The summed E-state index contributed by atoms with van der Waals surface area (Å²) in [4.78, 5) is 14.8. The lowest BCUT2D eigenvalue weighted by atomic mass is 10.1. The minimum atomic E-state index is 0.140. The first-order valence-electron chi connectivity index (χ1n) is 7.84. The van der Waals surface area contributed by atoms with Gasteiger partial charge in [0.25, 0.3) is 5.91 Å². The Morgan fingerprint density at radius 3 is 2.05 bits per heavy atom. The molecule has 0 fully saturated rings. The van der Waals surface area contributed by atoms with Crippen LogP contribution in [-0.2, 0) is 0 Å².